The van der Waals surface area contributed by atoms with Gasteiger partial charge in [0.05, 0.1) is 0 Å². The van der Waals surface area contributed by atoms with Gasteiger partial charge in [-0.1, -0.05) is 0 Å². The van der Waals surface area contributed by atoms with Gasteiger partial charge in [0.25, 0.3) is 0 Å². The number of rotatable bonds is 3. The molecule has 0 saturated heterocycles. The zero-order chi connectivity index (χ0) is 10.8. The van der Waals surface area contributed by atoms with E-state index < -0.39 is 15.2 Å². The van der Waals surface area contributed by atoms with E-state index in [-0.39, 0.29) is 0 Å². The van der Waals surface area contributed by atoms with E-state index in [2.05, 4.69) is 0 Å². The van der Waals surface area contributed by atoms with E-state index in [1.165, 1.54) is 13.9 Å². The molecule has 0 aliphatic heterocycles. The van der Waals surface area contributed by atoms with E-state index in [0.29, 0.717) is 0 Å². The van der Waals surface area contributed by atoms with Gasteiger partial charge >= 0.3 is 106 Å². The predicted octanol–water partition coefficient (Wildman–Crippen LogP) is 5.69. The molecule has 0 heterocycles. The molecule has 3 fully saturated rings. The van der Waals surface area contributed by atoms with Crippen LogP contribution in [0, 0.1) is 0 Å². The Bertz CT molecular complexity index is 169. The Hall–Kier alpha value is 0.584. The second kappa shape index (κ2) is 5.48. The first-order valence-corrected chi connectivity index (χ1v) is 10.1. The number of hydrogen-bond donors (Lipinski definition) is 0. The Morgan fingerprint density at radius 1 is 0.438 bits per heavy atom. The second-order valence-electron chi connectivity index (χ2n) is 6.26. The van der Waals surface area contributed by atoms with Crippen LogP contribution in [-0.4, -0.2) is 0 Å². The van der Waals surface area contributed by atoms with Gasteiger partial charge in [0.2, 0.25) is 0 Å². The van der Waals surface area contributed by atoms with Crippen LogP contribution >= 0.6 is 0 Å². The molecule has 3 rings (SSSR count). The van der Waals surface area contributed by atoms with Gasteiger partial charge in [-0.3, -0.25) is 0 Å². The van der Waals surface area contributed by atoms with Gasteiger partial charge in [-0.15, -0.1) is 0 Å². The SMILES string of the molecule is C1CC[CH]([V]([CH]2CCCC2)[CH]2CCCC2)C1. The first kappa shape index (κ1) is 11.7. The van der Waals surface area contributed by atoms with Crippen molar-refractivity contribution in [1.29, 1.82) is 0 Å². The summed E-state index contributed by atoms with van der Waals surface area (Å²) in [4.78, 5) is 0. The Kier molecular flexibility index (Phi) is 4.00. The van der Waals surface area contributed by atoms with Crippen molar-refractivity contribution in [3.8, 4) is 0 Å². The average molecular weight is 258 g/mol. The first-order valence-electron chi connectivity index (χ1n) is 7.72. The van der Waals surface area contributed by atoms with Gasteiger partial charge in [0, 0.05) is 0 Å². The molecule has 0 aromatic rings. The van der Waals surface area contributed by atoms with Crippen LogP contribution in [0.2, 0.25) is 13.9 Å². The fourth-order valence-corrected chi connectivity index (χ4v) is 11.8. The Balaban J connectivity index is 1.70. The quantitative estimate of drug-likeness (QED) is 0.609. The summed E-state index contributed by atoms with van der Waals surface area (Å²) in [6.45, 7) is 0. The molecule has 3 aliphatic rings. The van der Waals surface area contributed by atoms with Crippen LogP contribution in [0.1, 0.15) is 77.0 Å². The maximum absolute atomic E-state index is 1.65. The van der Waals surface area contributed by atoms with E-state index in [9.17, 15) is 0 Å². The van der Waals surface area contributed by atoms with E-state index >= 15 is 0 Å². The van der Waals surface area contributed by atoms with Crippen molar-refractivity contribution >= 4 is 0 Å². The van der Waals surface area contributed by atoms with E-state index in [1.54, 1.807) is 77.0 Å². The zero-order valence-corrected chi connectivity index (χ0v) is 12.1. The molecular formula is C15H27V. The molecule has 0 bridgehead atoms. The molecule has 92 valence electrons. The average Bonchev–Trinajstić information content (AvgIpc) is 3.02. The molecule has 0 spiro atoms. The molecule has 0 unspecified atom stereocenters. The summed E-state index contributed by atoms with van der Waals surface area (Å²) in [5, 5.41) is 0. The summed E-state index contributed by atoms with van der Waals surface area (Å²) in [6.07, 6.45) is 19.3. The standard InChI is InChI=1S/3C5H9.V/c3*1-2-4-5-3-1;/h3*1H,2-5H2;. The summed E-state index contributed by atoms with van der Waals surface area (Å²) in [5.41, 5.74) is 0. The Labute approximate surface area is 106 Å². The third kappa shape index (κ3) is 2.39. The summed E-state index contributed by atoms with van der Waals surface area (Å²) in [7, 11) is 0. The van der Waals surface area contributed by atoms with Gasteiger partial charge in [0.1, 0.15) is 0 Å². The van der Waals surface area contributed by atoms with Crippen LogP contribution in [0.25, 0.3) is 0 Å². The number of hydrogen-bond acceptors (Lipinski definition) is 0. The van der Waals surface area contributed by atoms with Crippen molar-refractivity contribution in [3.63, 3.8) is 0 Å². The molecule has 0 atom stereocenters. The molecule has 0 N–H and O–H groups in total. The minimum atomic E-state index is -0.469. The summed E-state index contributed by atoms with van der Waals surface area (Å²) in [5.74, 6) is 0. The van der Waals surface area contributed by atoms with Gasteiger partial charge < -0.3 is 0 Å². The zero-order valence-electron chi connectivity index (χ0n) is 10.7. The van der Waals surface area contributed by atoms with Crippen molar-refractivity contribution in [3.05, 3.63) is 0 Å². The maximum atomic E-state index is 1.65. The van der Waals surface area contributed by atoms with Crippen molar-refractivity contribution in [1.82, 2.24) is 0 Å². The predicted molar refractivity (Wildman–Crippen MR) is 66.7 cm³/mol. The van der Waals surface area contributed by atoms with E-state index in [0.717, 1.165) is 0 Å². The molecular weight excluding hydrogens is 231 g/mol. The van der Waals surface area contributed by atoms with Crippen LogP contribution in [0.15, 0.2) is 0 Å². The van der Waals surface area contributed by atoms with Gasteiger partial charge in [-0.2, -0.15) is 0 Å². The molecule has 1 heteroatoms. The van der Waals surface area contributed by atoms with Crippen molar-refractivity contribution in [2.45, 2.75) is 90.9 Å². The molecule has 0 amide bonds. The van der Waals surface area contributed by atoms with Crippen LogP contribution in [0.5, 0.6) is 0 Å². The molecule has 3 saturated carbocycles. The van der Waals surface area contributed by atoms with Crippen molar-refractivity contribution in [2.75, 3.05) is 0 Å². The van der Waals surface area contributed by atoms with E-state index in [1.807, 2.05) is 0 Å². The van der Waals surface area contributed by atoms with Gasteiger partial charge in [-0.25, -0.2) is 0 Å². The van der Waals surface area contributed by atoms with Crippen molar-refractivity contribution in [2.24, 2.45) is 0 Å². The monoisotopic (exact) mass is 258 g/mol. The van der Waals surface area contributed by atoms with Crippen LogP contribution in [0.4, 0.5) is 0 Å². The third-order valence-electron chi connectivity index (χ3n) is 5.24. The van der Waals surface area contributed by atoms with Gasteiger partial charge in [-0.05, 0) is 0 Å². The Morgan fingerprint density at radius 2 is 0.688 bits per heavy atom. The molecule has 0 aromatic carbocycles. The molecule has 16 heavy (non-hydrogen) atoms. The summed E-state index contributed by atoms with van der Waals surface area (Å²) < 4.78 is 3.87. The Morgan fingerprint density at radius 3 is 0.938 bits per heavy atom. The van der Waals surface area contributed by atoms with Gasteiger partial charge in [0.15, 0.2) is 0 Å². The van der Waals surface area contributed by atoms with Crippen LogP contribution < -0.4 is 0 Å². The van der Waals surface area contributed by atoms with Crippen LogP contribution in [0.3, 0.4) is 0 Å². The second-order valence-corrected chi connectivity index (χ2v) is 11.1. The molecule has 0 radical (unpaired) electrons. The fourth-order valence-electron chi connectivity index (χ4n) is 4.50. The van der Waals surface area contributed by atoms with E-state index in [4.69, 9.17) is 0 Å². The van der Waals surface area contributed by atoms with Crippen LogP contribution in [-0.2, 0) is 15.2 Å². The van der Waals surface area contributed by atoms with Crippen molar-refractivity contribution < 1.29 is 15.2 Å². The fraction of sp³-hybridized carbons (Fsp3) is 1.00. The topological polar surface area (TPSA) is 0 Å². The molecule has 0 nitrogen and oxygen atoms in total. The summed E-state index contributed by atoms with van der Waals surface area (Å²) in [6, 6.07) is 0. The third-order valence-corrected chi connectivity index (χ3v) is 11.6. The molecule has 3 aliphatic carbocycles. The first-order chi connectivity index (χ1) is 7.95. The molecule has 0 aromatic heterocycles. The normalized spacial score (nSPS) is 29.8. The minimum absolute atomic E-state index is 0.469. The summed E-state index contributed by atoms with van der Waals surface area (Å²) >= 11 is -0.469.